The highest BCUT2D eigenvalue weighted by Gasteiger charge is 2.48. The molecule has 0 saturated carbocycles. The predicted octanol–water partition coefficient (Wildman–Crippen LogP) is 2.06. The molecule has 0 amide bonds. The summed E-state index contributed by atoms with van der Waals surface area (Å²) in [5, 5.41) is 0. The van der Waals surface area contributed by atoms with E-state index in [1.54, 1.807) is 0 Å². The van der Waals surface area contributed by atoms with Crippen LogP contribution in [0.5, 0.6) is 0 Å². The zero-order chi connectivity index (χ0) is 16.4. The van der Waals surface area contributed by atoms with Gasteiger partial charge in [-0.05, 0) is 53.9 Å². The van der Waals surface area contributed by atoms with Gasteiger partial charge < -0.3 is 0 Å². The number of likely N-dealkylation sites (tertiary alicyclic amines) is 2. The number of nitrogens with zero attached hydrogens (tertiary/aromatic N) is 4. The Hall–Kier alpha value is -0.160. The fraction of sp³-hybridized carbons (Fsp3) is 1.00. The maximum Gasteiger partial charge on any atom is 0.0514 e. The van der Waals surface area contributed by atoms with Gasteiger partial charge in [-0.1, -0.05) is 0 Å². The van der Waals surface area contributed by atoms with Gasteiger partial charge in [-0.25, -0.2) is 0 Å². The predicted molar refractivity (Wildman–Crippen MR) is 95.6 cm³/mol. The molecule has 4 atom stereocenters. The van der Waals surface area contributed by atoms with E-state index in [-0.39, 0.29) is 0 Å². The molecule has 5 rings (SSSR count). The van der Waals surface area contributed by atoms with Crippen LogP contribution in [0, 0.1) is 0 Å². The largest absolute Gasteiger partial charge is 0.295 e. The molecule has 5 saturated heterocycles. The summed E-state index contributed by atoms with van der Waals surface area (Å²) in [6.45, 7) is 18.3. The van der Waals surface area contributed by atoms with E-state index < -0.39 is 0 Å². The molecule has 4 heteroatoms. The maximum absolute atomic E-state index is 2.81. The Bertz CT molecular complexity index is 443. The molecule has 2 unspecified atom stereocenters. The second-order valence-corrected chi connectivity index (χ2v) is 9.73. The second-order valence-electron chi connectivity index (χ2n) is 9.73. The number of hydrogen-bond donors (Lipinski definition) is 0. The number of fused-ring (bicyclic) bond motifs is 5. The zero-order valence-corrected chi connectivity index (χ0v) is 15.8. The highest BCUT2D eigenvalue weighted by molar-refractivity contribution is 5.04. The van der Waals surface area contributed by atoms with E-state index in [1.165, 1.54) is 52.1 Å². The number of piperazine rings is 2. The summed E-state index contributed by atoms with van der Waals surface area (Å²) in [6, 6.07) is 3.94. The fourth-order valence-electron chi connectivity index (χ4n) is 5.73. The quantitative estimate of drug-likeness (QED) is 0.789. The first kappa shape index (κ1) is 16.3. The molecule has 0 aromatic rings. The molecule has 5 fully saturated rings. The van der Waals surface area contributed by atoms with Crippen LogP contribution in [0.2, 0.25) is 0 Å². The molecule has 0 N–H and O–H groups in total. The summed E-state index contributed by atoms with van der Waals surface area (Å²) < 4.78 is 0. The van der Waals surface area contributed by atoms with E-state index in [1.807, 2.05) is 0 Å². The lowest BCUT2D eigenvalue weighted by Gasteiger charge is -2.54. The standard InChI is InChI=1S/C19H36N4/c1-14(2)22-11-15-6-7-16(22)9-20(15)13-21-10-18-8-17(21)12-23(18)19(3,4)5/h14-18H,6-13H2,1-5H3/t15?,16?,17-,18-/m1/s1. The van der Waals surface area contributed by atoms with Gasteiger partial charge in [0.2, 0.25) is 0 Å². The van der Waals surface area contributed by atoms with E-state index in [2.05, 4.69) is 54.2 Å². The molecule has 0 radical (unpaired) electrons. The third-order valence-electron chi connectivity index (χ3n) is 6.93. The normalized spacial score (nSPS) is 39.9. The highest BCUT2D eigenvalue weighted by atomic mass is 15.4. The third kappa shape index (κ3) is 2.86. The van der Waals surface area contributed by atoms with Crippen molar-refractivity contribution < 1.29 is 0 Å². The van der Waals surface area contributed by atoms with Gasteiger partial charge in [0.05, 0.1) is 6.67 Å². The summed E-state index contributed by atoms with van der Waals surface area (Å²) in [7, 11) is 0. The first-order chi connectivity index (χ1) is 10.8. The van der Waals surface area contributed by atoms with Crippen LogP contribution in [0.3, 0.4) is 0 Å². The maximum atomic E-state index is 2.81. The van der Waals surface area contributed by atoms with Crippen molar-refractivity contribution in [2.45, 2.75) is 89.6 Å². The first-order valence-corrected chi connectivity index (χ1v) is 9.83. The van der Waals surface area contributed by atoms with Crippen LogP contribution < -0.4 is 0 Å². The van der Waals surface area contributed by atoms with Gasteiger partial charge in [0.25, 0.3) is 0 Å². The van der Waals surface area contributed by atoms with Gasteiger partial charge in [0.15, 0.2) is 0 Å². The van der Waals surface area contributed by atoms with E-state index in [4.69, 9.17) is 0 Å². The van der Waals surface area contributed by atoms with Crippen molar-refractivity contribution in [1.82, 2.24) is 19.6 Å². The lowest BCUT2D eigenvalue weighted by molar-refractivity contribution is -0.0673. The van der Waals surface area contributed by atoms with E-state index >= 15 is 0 Å². The minimum Gasteiger partial charge on any atom is -0.295 e. The lowest BCUT2D eigenvalue weighted by Crippen LogP contribution is -2.66. The summed E-state index contributed by atoms with van der Waals surface area (Å²) in [6.07, 6.45) is 4.24. The SMILES string of the molecule is CC(C)N1CC2CCC1CN2CN1C[C@H]2C[C@@H]1CN2C(C)(C)C. The second kappa shape index (κ2) is 5.69. The molecule has 0 aromatic heterocycles. The molecule has 23 heavy (non-hydrogen) atoms. The molecule has 4 bridgehead atoms. The van der Waals surface area contributed by atoms with E-state index in [0.29, 0.717) is 11.6 Å². The molecular weight excluding hydrogens is 284 g/mol. The van der Waals surface area contributed by atoms with Crippen molar-refractivity contribution in [3.63, 3.8) is 0 Å². The van der Waals surface area contributed by atoms with Gasteiger partial charge in [-0.3, -0.25) is 19.6 Å². The molecule has 0 aliphatic carbocycles. The highest BCUT2D eigenvalue weighted by Crippen LogP contribution is 2.37. The number of piperidine rings is 2. The summed E-state index contributed by atoms with van der Waals surface area (Å²) >= 11 is 0. The summed E-state index contributed by atoms with van der Waals surface area (Å²) in [4.78, 5) is 11.1. The van der Waals surface area contributed by atoms with E-state index in [9.17, 15) is 0 Å². The van der Waals surface area contributed by atoms with Crippen LogP contribution in [0.1, 0.15) is 53.9 Å². The Morgan fingerprint density at radius 3 is 2.00 bits per heavy atom. The average Bonchev–Trinajstić information content (AvgIpc) is 3.07. The van der Waals surface area contributed by atoms with Crippen LogP contribution >= 0.6 is 0 Å². The van der Waals surface area contributed by atoms with Gasteiger partial charge in [-0.2, -0.15) is 0 Å². The molecule has 5 aliphatic rings. The van der Waals surface area contributed by atoms with Crippen molar-refractivity contribution in [3.05, 3.63) is 0 Å². The molecule has 0 aromatic carbocycles. The van der Waals surface area contributed by atoms with Crippen LogP contribution in [0.15, 0.2) is 0 Å². The van der Waals surface area contributed by atoms with Gasteiger partial charge in [0, 0.05) is 61.9 Å². The molecule has 5 heterocycles. The Balaban J connectivity index is 1.35. The number of hydrogen-bond acceptors (Lipinski definition) is 4. The minimum atomic E-state index is 0.341. The van der Waals surface area contributed by atoms with Crippen molar-refractivity contribution in [2.24, 2.45) is 0 Å². The Labute approximate surface area is 142 Å². The Morgan fingerprint density at radius 2 is 1.48 bits per heavy atom. The zero-order valence-electron chi connectivity index (χ0n) is 15.8. The van der Waals surface area contributed by atoms with Crippen molar-refractivity contribution >= 4 is 0 Å². The van der Waals surface area contributed by atoms with Crippen LogP contribution in [-0.4, -0.2) is 88.2 Å². The van der Waals surface area contributed by atoms with E-state index in [0.717, 1.165) is 24.2 Å². The van der Waals surface area contributed by atoms with Crippen LogP contribution in [-0.2, 0) is 0 Å². The average molecular weight is 321 g/mol. The molecule has 0 spiro atoms. The smallest absolute Gasteiger partial charge is 0.0514 e. The van der Waals surface area contributed by atoms with Crippen LogP contribution in [0.25, 0.3) is 0 Å². The third-order valence-corrected chi connectivity index (χ3v) is 6.93. The molecule has 4 nitrogen and oxygen atoms in total. The fourth-order valence-corrected chi connectivity index (χ4v) is 5.73. The van der Waals surface area contributed by atoms with Gasteiger partial charge >= 0.3 is 0 Å². The topological polar surface area (TPSA) is 13.0 Å². The van der Waals surface area contributed by atoms with Crippen molar-refractivity contribution in [3.8, 4) is 0 Å². The first-order valence-electron chi connectivity index (χ1n) is 9.83. The van der Waals surface area contributed by atoms with Crippen molar-refractivity contribution in [1.29, 1.82) is 0 Å². The molecule has 132 valence electrons. The Kier molecular flexibility index (Phi) is 4.03. The number of rotatable bonds is 3. The van der Waals surface area contributed by atoms with Gasteiger partial charge in [0.1, 0.15) is 0 Å². The molecular formula is C19H36N4. The Morgan fingerprint density at radius 1 is 0.826 bits per heavy atom. The summed E-state index contributed by atoms with van der Waals surface area (Å²) in [5.74, 6) is 0. The van der Waals surface area contributed by atoms with Crippen LogP contribution in [0.4, 0.5) is 0 Å². The lowest BCUT2D eigenvalue weighted by atomic mass is 9.90. The van der Waals surface area contributed by atoms with Gasteiger partial charge in [-0.15, -0.1) is 0 Å². The molecule has 5 aliphatic heterocycles. The van der Waals surface area contributed by atoms with Crippen molar-refractivity contribution in [2.75, 3.05) is 32.8 Å². The monoisotopic (exact) mass is 320 g/mol. The summed E-state index contributed by atoms with van der Waals surface area (Å²) in [5.41, 5.74) is 0.341. The minimum absolute atomic E-state index is 0.341.